The van der Waals surface area contributed by atoms with Crippen molar-refractivity contribution >= 4 is 22.9 Å². The van der Waals surface area contributed by atoms with Gasteiger partial charge in [-0.15, -0.1) is 11.3 Å². The first-order valence-corrected chi connectivity index (χ1v) is 7.86. The molecule has 5 nitrogen and oxygen atoms in total. The van der Waals surface area contributed by atoms with Crippen molar-refractivity contribution < 1.29 is 14.6 Å². The zero-order chi connectivity index (χ0) is 16.3. The van der Waals surface area contributed by atoms with E-state index < -0.39 is 11.9 Å². The Labute approximate surface area is 133 Å². The number of nitriles is 1. The molecule has 0 spiro atoms. The van der Waals surface area contributed by atoms with Gasteiger partial charge in [-0.1, -0.05) is 32.1 Å². The van der Waals surface area contributed by atoms with Crippen LogP contribution in [0.3, 0.4) is 0 Å². The number of allylic oxidation sites excluding steroid dienone is 2. The van der Waals surface area contributed by atoms with Crippen LogP contribution in [-0.2, 0) is 4.74 Å². The maximum Gasteiger partial charge on any atom is 0.347 e. The van der Waals surface area contributed by atoms with Crippen molar-refractivity contribution in [2.24, 2.45) is 11.8 Å². The number of carboxylic acids is 1. The lowest BCUT2D eigenvalue weighted by atomic mass is 9.94. The molecular formula is C16H18N2O3S. The van der Waals surface area contributed by atoms with Crippen LogP contribution in [0.15, 0.2) is 18.2 Å². The molecule has 22 heavy (non-hydrogen) atoms. The van der Waals surface area contributed by atoms with Gasteiger partial charge in [0.05, 0.1) is 23.8 Å². The molecule has 2 unspecified atom stereocenters. The Hall–Kier alpha value is -1.97. The second kappa shape index (κ2) is 6.86. The lowest BCUT2D eigenvalue weighted by molar-refractivity contribution is 0.0518. The highest BCUT2D eigenvalue weighted by molar-refractivity contribution is 7.14. The fourth-order valence-electron chi connectivity index (χ4n) is 2.10. The maximum atomic E-state index is 11.1. The number of carboxylic acid groups (broad SMARTS) is 1. The van der Waals surface area contributed by atoms with E-state index in [1.165, 1.54) is 0 Å². The van der Waals surface area contributed by atoms with Crippen LogP contribution < -0.4 is 0 Å². The average molecular weight is 318 g/mol. The Morgan fingerprint density at radius 1 is 1.59 bits per heavy atom. The molecular weight excluding hydrogens is 300 g/mol. The summed E-state index contributed by atoms with van der Waals surface area (Å²) in [5.74, 6) is -0.967. The number of aryl methyl sites for hydroxylation is 1. The smallest absolute Gasteiger partial charge is 0.347 e. The predicted octanol–water partition coefficient (Wildman–Crippen LogP) is 3.28. The van der Waals surface area contributed by atoms with Gasteiger partial charge in [-0.2, -0.15) is 5.26 Å². The van der Waals surface area contributed by atoms with E-state index in [0.717, 1.165) is 16.9 Å². The average Bonchev–Trinajstić information content (AvgIpc) is 2.87. The van der Waals surface area contributed by atoms with Gasteiger partial charge in [0.1, 0.15) is 9.88 Å². The Bertz CT molecular complexity index is 667. The number of hydrogen-bond acceptors (Lipinski definition) is 5. The molecule has 0 aromatic carbocycles. The molecule has 0 fully saturated rings. The van der Waals surface area contributed by atoms with Crippen LogP contribution in [0.5, 0.6) is 0 Å². The van der Waals surface area contributed by atoms with Crippen LogP contribution in [0, 0.1) is 30.1 Å². The summed E-state index contributed by atoms with van der Waals surface area (Å²) in [6.07, 6.45) is 5.23. The second-order valence-corrected chi connectivity index (χ2v) is 6.57. The third-order valence-electron chi connectivity index (χ3n) is 3.19. The summed E-state index contributed by atoms with van der Waals surface area (Å²) in [5.41, 5.74) is 1.27. The van der Waals surface area contributed by atoms with E-state index in [1.807, 2.05) is 12.2 Å². The van der Waals surface area contributed by atoms with E-state index in [1.54, 1.807) is 13.0 Å². The van der Waals surface area contributed by atoms with Gasteiger partial charge in [0, 0.05) is 12.2 Å². The minimum absolute atomic E-state index is 0.232. The van der Waals surface area contributed by atoms with Crippen molar-refractivity contribution in [3.63, 3.8) is 0 Å². The lowest BCUT2D eigenvalue weighted by Gasteiger charge is -2.22. The molecule has 0 aliphatic heterocycles. The minimum atomic E-state index is -0.975. The van der Waals surface area contributed by atoms with Crippen LogP contribution in [0.1, 0.15) is 34.2 Å². The molecule has 1 aromatic rings. The molecule has 1 N–H and O–H groups in total. The molecule has 0 saturated carbocycles. The van der Waals surface area contributed by atoms with Crippen molar-refractivity contribution in [3.8, 4) is 6.07 Å². The molecule has 0 saturated heterocycles. The number of thiazole rings is 1. The Balaban J connectivity index is 2.21. The Kier molecular flexibility index (Phi) is 5.11. The lowest BCUT2D eigenvalue weighted by Crippen LogP contribution is -2.23. The first-order chi connectivity index (χ1) is 10.4. The van der Waals surface area contributed by atoms with Crippen LogP contribution >= 0.6 is 11.3 Å². The van der Waals surface area contributed by atoms with E-state index in [-0.39, 0.29) is 11.0 Å². The van der Waals surface area contributed by atoms with Crippen molar-refractivity contribution in [3.05, 3.63) is 33.8 Å². The fraction of sp³-hybridized carbons (Fsp3) is 0.438. The number of rotatable bonds is 5. The standard InChI is InChI=1S/C16H18N2O3S/c1-9(2)8-21-13-5-4-11(6-12(13)7-17)15-18-10(3)14(22-15)16(19)20/h4-6,9,12-13H,8H2,1-3H3,(H,19,20). The van der Waals surface area contributed by atoms with E-state index in [4.69, 9.17) is 9.84 Å². The number of aromatic nitrogens is 1. The van der Waals surface area contributed by atoms with Crippen molar-refractivity contribution in [1.29, 1.82) is 5.26 Å². The number of nitrogens with zero attached hydrogens (tertiary/aromatic N) is 2. The molecule has 1 aliphatic rings. The van der Waals surface area contributed by atoms with Crippen molar-refractivity contribution in [1.82, 2.24) is 4.98 Å². The summed E-state index contributed by atoms with van der Waals surface area (Å²) in [6, 6.07) is 2.23. The first kappa shape index (κ1) is 16.4. The summed E-state index contributed by atoms with van der Waals surface area (Å²) in [7, 11) is 0. The second-order valence-electron chi connectivity index (χ2n) is 5.57. The van der Waals surface area contributed by atoms with E-state index in [9.17, 15) is 10.1 Å². The van der Waals surface area contributed by atoms with Crippen LogP contribution in [0.2, 0.25) is 0 Å². The predicted molar refractivity (Wildman–Crippen MR) is 84.6 cm³/mol. The normalized spacial score (nSPS) is 20.8. The summed E-state index contributed by atoms with van der Waals surface area (Å²) in [5, 5.41) is 19.0. The summed E-state index contributed by atoms with van der Waals surface area (Å²) < 4.78 is 5.73. The monoisotopic (exact) mass is 318 g/mol. The molecule has 2 rings (SSSR count). The maximum absolute atomic E-state index is 11.1. The van der Waals surface area contributed by atoms with Gasteiger partial charge in [0.25, 0.3) is 0 Å². The largest absolute Gasteiger partial charge is 0.477 e. The topological polar surface area (TPSA) is 83.2 Å². The van der Waals surface area contributed by atoms with E-state index in [2.05, 4.69) is 24.9 Å². The third kappa shape index (κ3) is 3.62. The highest BCUT2D eigenvalue weighted by atomic mass is 32.1. The highest BCUT2D eigenvalue weighted by Gasteiger charge is 2.24. The molecule has 116 valence electrons. The molecule has 1 aliphatic carbocycles. The van der Waals surface area contributed by atoms with Crippen molar-refractivity contribution in [2.75, 3.05) is 6.61 Å². The quantitative estimate of drug-likeness (QED) is 0.900. The molecule has 1 heterocycles. The number of carbonyl (C=O) groups is 1. The van der Waals surface area contributed by atoms with Gasteiger partial charge in [-0.05, 0) is 12.8 Å². The van der Waals surface area contributed by atoms with Gasteiger partial charge in [0.2, 0.25) is 0 Å². The Morgan fingerprint density at radius 3 is 2.86 bits per heavy atom. The highest BCUT2D eigenvalue weighted by Crippen LogP contribution is 2.30. The summed E-state index contributed by atoms with van der Waals surface area (Å²) >= 11 is 1.13. The minimum Gasteiger partial charge on any atom is -0.477 e. The molecule has 0 bridgehead atoms. The van der Waals surface area contributed by atoms with Gasteiger partial charge in [0.15, 0.2) is 0 Å². The van der Waals surface area contributed by atoms with Crippen molar-refractivity contribution in [2.45, 2.75) is 26.9 Å². The molecule has 6 heteroatoms. The number of aromatic carboxylic acids is 1. The third-order valence-corrected chi connectivity index (χ3v) is 4.38. The van der Waals surface area contributed by atoms with Crippen LogP contribution in [0.25, 0.3) is 5.57 Å². The van der Waals surface area contributed by atoms with E-state index in [0.29, 0.717) is 23.2 Å². The molecule has 1 aromatic heterocycles. The molecule has 0 amide bonds. The van der Waals surface area contributed by atoms with Gasteiger partial charge >= 0.3 is 5.97 Å². The number of hydrogen-bond donors (Lipinski definition) is 1. The SMILES string of the molecule is Cc1nc(C2=CC(C#N)C(OCC(C)C)C=C2)sc1C(=O)O. The fourth-order valence-corrected chi connectivity index (χ4v) is 3.01. The summed E-state index contributed by atoms with van der Waals surface area (Å²) in [4.78, 5) is 15.6. The van der Waals surface area contributed by atoms with Gasteiger partial charge < -0.3 is 9.84 Å². The van der Waals surface area contributed by atoms with Gasteiger partial charge in [-0.25, -0.2) is 9.78 Å². The summed E-state index contributed by atoms with van der Waals surface area (Å²) in [6.45, 7) is 6.38. The van der Waals surface area contributed by atoms with Gasteiger partial charge in [-0.3, -0.25) is 0 Å². The zero-order valence-corrected chi connectivity index (χ0v) is 13.6. The zero-order valence-electron chi connectivity index (χ0n) is 12.7. The van der Waals surface area contributed by atoms with E-state index >= 15 is 0 Å². The first-order valence-electron chi connectivity index (χ1n) is 7.04. The molecule has 2 atom stereocenters. The van der Waals surface area contributed by atoms with Crippen LogP contribution in [0.4, 0.5) is 0 Å². The molecule has 0 radical (unpaired) electrons. The van der Waals surface area contributed by atoms with Crippen LogP contribution in [-0.4, -0.2) is 28.8 Å². The Morgan fingerprint density at radius 2 is 2.32 bits per heavy atom. The number of ether oxygens (including phenoxy) is 1.